The van der Waals surface area contributed by atoms with E-state index in [9.17, 15) is 0 Å². The SMILES string of the molecule is Nc1nc2cc3c(cc2[nH]1)OCO3. The number of aromatic amines is 1. The van der Waals surface area contributed by atoms with Crippen molar-refractivity contribution in [1.82, 2.24) is 9.97 Å². The monoisotopic (exact) mass is 177 g/mol. The van der Waals surface area contributed by atoms with Gasteiger partial charge >= 0.3 is 0 Å². The molecule has 1 aromatic heterocycles. The van der Waals surface area contributed by atoms with Crippen LogP contribution in [0.2, 0.25) is 0 Å². The van der Waals surface area contributed by atoms with Gasteiger partial charge in [-0.15, -0.1) is 0 Å². The Kier molecular flexibility index (Phi) is 1.05. The highest BCUT2D eigenvalue weighted by Crippen LogP contribution is 2.35. The summed E-state index contributed by atoms with van der Waals surface area (Å²) < 4.78 is 10.4. The number of nitrogen functional groups attached to an aromatic ring is 1. The van der Waals surface area contributed by atoms with Gasteiger partial charge in [0.05, 0.1) is 11.0 Å². The van der Waals surface area contributed by atoms with E-state index >= 15 is 0 Å². The van der Waals surface area contributed by atoms with E-state index in [1.165, 1.54) is 0 Å². The van der Waals surface area contributed by atoms with Crippen molar-refractivity contribution < 1.29 is 9.47 Å². The van der Waals surface area contributed by atoms with Crippen molar-refractivity contribution in [1.29, 1.82) is 0 Å². The number of rotatable bonds is 0. The normalized spacial score (nSPS) is 13.8. The number of ether oxygens (including phenoxy) is 2. The molecule has 1 aliphatic heterocycles. The van der Waals surface area contributed by atoms with Crippen molar-refractivity contribution in [3.63, 3.8) is 0 Å². The smallest absolute Gasteiger partial charge is 0.231 e. The zero-order valence-electron chi connectivity index (χ0n) is 6.70. The molecule has 3 N–H and O–H groups in total. The van der Waals surface area contributed by atoms with Gasteiger partial charge in [-0.3, -0.25) is 0 Å². The number of nitrogens with zero attached hydrogens (tertiary/aromatic N) is 1. The van der Waals surface area contributed by atoms with Crippen molar-refractivity contribution in [2.45, 2.75) is 0 Å². The lowest BCUT2D eigenvalue weighted by Crippen LogP contribution is -1.93. The Morgan fingerprint density at radius 2 is 2.08 bits per heavy atom. The molecular formula is C8H7N3O2. The van der Waals surface area contributed by atoms with Gasteiger partial charge in [0.25, 0.3) is 0 Å². The van der Waals surface area contributed by atoms with Crippen LogP contribution in [-0.2, 0) is 0 Å². The first-order chi connectivity index (χ1) is 6.33. The van der Waals surface area contributed by atoms with Gasteiger partial charge in [0.2, 0.25) is 6.79 Å². The minimum Gasteiger partial charge on any atom is -0.454 e. The maximum Gasteiger partial charge on any atom is 0.231 e. The molecular weight excluding hydrogens is 170 g/mol. The van der Waals surface area contributed by atoms with Crippen LogP contribution in [-0.4, -0.2) is 16.8 Å². The number of anilines is 1. The summed E-state index contributed by atoms with van der Waals surface area (Å²) in [5.41, 5.74) is 7.16. The van der Waals surface area contributed by atoms with E-state index in [0.29, 0.717) is 5.95 Å². The molecule has 0 amide bonds. The second-order valence-corrected chi connectivity index (χ2v) is 2.84. The fraction of sp³-hybridized carbons (Fsp3) is 0.125. The van der Waals surface area contributed by atoms with Crippen molar-refractivity contribution in [2.75, 3.05) is 12.5 Å². The summed E-state index contributed by atoms with van der Waals surface area (Å²) in [7, 11) is 0. The molecule has 1 aromatic carbocycles. The van der Waals surface area contributed by atoms with E-state index in [0.717, 1.165) is 22.5 Å². The Morgan fingerprint density at radius 3 is 2.92 bits per heavy atom. The first kappa shape index (κ1) is 6.59. The maximum atomic E-state index is 5.50. The summed E-state index contributed by atoms with van der Waals surface area (Å²) in [6, 6.07) is 3.64. The number of nitrogens with one attached hydrogen (secondary N) is 1. The van der Waals surface area contributed by atoms with Crippen LogP contribution in [0.4, 0.5) is 5.95 Å². The molecule has 0 radical (unpaired) electrons. The lowest BCUT2D eigenvalue weighted by molar-refractivity contribution is 0.174. The minimum atomic E-state index is 0.275. The minimum absolute atomic E-state index is 0.275. The van der Waals surface area contributed by atoms with Crippen molar-refractivity contribution in [3.05, 3.63) is 12.1 Å². The molecule has 0 saturated heterocycles. The third kappa shape index (κ3) is 0.837. The quantitative estimate of drug-likeness (QED) is 0.626. The zero-order chi connectivity index (χ0) is 8.84. The van der Waals surface area contributed by atoms with Gasteiger partial charge in [-0.1, -0.05) is 0 Å². The third-order valence-electron chi connectivity index (χ3n) is 1.99. The van der Waals surface area contributed by atoms with Gasteiger partial charge in [-0.05, 0) is 0 Å². The Morgan fingerprint density at radius 1 is 1.31 bits per heavy atom. The summed E-state index contributed by atoms with van der Waals surface area (Å²) in [4.78, 5) is 7.00. The molecule has 0 unspecified atom stereocenters. The molecule has 2 aromatic rings. The average Bonchev–Trinajstić information content (AvgIpc) is 2.63. The van der Waals surface area contributed by atoms with E-state index in [2.05, 4.69) is 9.97 Å². The molecule has 0 saturated carbocycles. The highest BCUT2D eigenvalue weighted by molar-refractivity contribution is 5.81. The first-order valence-corrected chi connectivity index (χ1v) is 3.88. The van der Waals surface area contributed by atoms with E-state index < -0.39 is 0 Å². The van der Waals surface area contributed by atoms with Crippen molar-refractivity contribution in [3.8, 4) is 11.5 Å². The second-order valence-electron chi connectivity index (χ2n) is 2.84. The predicted octanol–water partition coefficient (Wildman–Crippen LogP) is 0.874. The molecule has 5 heteroatoms. The zero-order valence-corrected chi connectivity index (χ0v) is 6.70. The van der Waals surface area contributed by atoms with Gasteiger partial charge in [0.15, 0.2) is 17.4 Å². The number of hydrogen-bond acceptors (Lipinski definition) is 4. The van der Waals surface area contributed by atoms with Crippen LogP contribution in [0.5, 0.6) is 11.5 Å². The molecule has 1 aliphatic rings. The fourth-order valence-corrected chi connectivity index (χ4v) is 1.42. The number of benzene rings is 1. The Labute approximate surface area is 73.5 Å². The third-order valence-corrected chi connectivity index (χ3v) is 1.99. The van der Waals surface area contributed by atoms with Gasteiger partial charge in [-0.2, -0.15) is 0 Å². The average molecular weight is 177 g/mol. The molecule has 0 bridgehead atoms. The fourth-order valence-electron chi connectivity index (χ4n) is 1.42. The summed E-state index contributed by atoms with van der Waals surface area (Å²) in [6.07, 6.45) is 0. The van der Waals surface area contributed by atoms with Gasteiger partial charge in [-0.25, -0.2) is 4.98 Å². The van der Waals surface area contributed by atoms with Crippen molar-refractivity contribution >= 4 is 17.0 Å². The summed E-state index contributed by atoms with van der Waals surface area (Å²) in [5.74, 6) is 1.86. The largest absolute Gasteiger partial charge is 0.454 e. The second kappa shape index (κ2) is 2.07. The lowest BCUT2D eigenvalue weighted by Gasteiger charge is -1.93. The maximum absolute atomic E-state index is 5.50. The first-order valence-electron chi connectivity index (χ1n) is 3.88. The number of hydrogen-bond donors (Lipinski definition) is 2. The van der Waals surface area contributed by atoms with E-state index in [1.54, 1.807) is 0 Å². The molecule has 13 heavy (non-hydrogen) atoms. The van der Waals surface area contributed by atoms with Crippen LogP contribution in [0.25, 0.3) is 11.0 Å². The van der Waals surface area contributed by atoms with Gasteiger partial charge in [0, 0.05) is 12.1 Å². The molecule has 2 heterocycles. The highest BCUT2D eigenvalue weighted by Gasteiger charge is 2.15. The molecule has 0 fully saturated rings. The molecule has 0 spiro atoms. The highest BCUT2D eigenvalue weighted by atomic mass is 16.7. The summed E-state index contributed by atoms with van der Waals surface area (Å²) in [5, 5.41) is 0. The van der Waals surface area contributed by atoms with E-state index in [4.69, 9.17) is 15.2 Å². The number of imidazole rings is 1. The number of H-pyrrole nitrogens is 1. The van der Waals surface area contributed by atoms with Crippen LogP contribution in [0.3, 0.4) is 0 Å². The summed E-state index contributed by atoms with van der Waals surface area (Å²) in [6.45, 7) is 0.275. The van der Waals surface area contributed by atoms with Crippen LogP contribution >= 0.6 is 0 Å². The van der Waals surface area contributed by atoms with Crippen LogP contribution in [0.1, 0.15) is 0 Å². The van der Waals surface area contributed by atoms with Crippen LogP contribution < -0.4 is 15.2 Å². The number of nitrogens with two attached hydrogens (primary N) is 1. The topological polar surface area (TPSA) is 73.2 Å². The van der Waals surface area contributed by atoms with Gasteiger partial charge < -0.3 is 20.2 Å². The molecule has 0 atom stereocenters. The number of aromatic nitrogens is 2. The predicted molar refractivity (Wildman–Crippen MR) is 46.6 cm³/mol. The van der Waals surface area contributed by atoms with Crippen molar-refractivity contribution in [2.24, 2.45) is 0 Å². The summed E-state index contributed by atoms with van der Waals surface area (Å²) >= 11 is 0. The Balaban J connectivity index is 2.35. The Hall–Kier alpha value is -1.91. The molecule has 5 nitrogen and oxygen atoms in total. The van der Waals surface area contributed by atoms with Crippen LogP contribution in [0.15, 0.2) is 12.1 Å². The Bertz CT molecular complexity index is 436. The van der Waals surface area contributed by atoms with E-state index in [-0.39, 0.29) is 6.79 Å². The molecule has 3 rings (SSSR count). The standard InChI is InChI=1S/C8H7N3O2/c9-8-10-4-1-6-7(13-3-12-6)2-5(4)11-8/h1-2H,3H2,(H3,9,10,11). The van der Waals surface area contributed by atoms with Gasteiger partial charge in [0.1, 0.15) is 0 Å². The molecule has 66 valence electrons. The van der Waals surface area contributed by atoms with E-state index in [1.807, 2.05) is 12.1 Å². The lowest BCUT2D eigenvalue weighted by atomic mass is 10.3. The van der Waals surface area contributed by atoms with Crippen LogP contribution in [0, 0.1) is 0 Å². The number of fused-ring (bicyclic) bond motifs is 2. The molecule has 0 aliphatic carbocycles.